The van der Waals surface area contributed by atoms with Gasteiger partial charge in [0.05, 0.1) is 16.8 Å². The monoisotopic (exact) mass is 425 g/mol. The van der Waals surface area contributed by atoms with Gasteiger partial charge in [0.25, 0.3) is 5.91 Å². The summed E-state index contributed by atoms with van der Waals surface area (Å²) in [5.74, 6) is -0.903. The maximum absolute atomic E-state index is 13.0. The van der Waals surface area contributed by atoms with Gasteiger partial charge in [0.1, 0.15) is 0 Å². The second kappa shape index (κ2) is 9.83. The molecule has 32 heavy (non-hydrogen) atoms. The van der Waals surface area contributed by atoms with E-state index in [2.05, 4.69) is 15.3 Å². The molecule has 0 spiro atoms. The van der Waals surface area contributed by atoms with E-state index in [1.54, 1.807) is 25.4 Å². The number of benzene rings is 2. The zero-order valence-corrected chi connectivity index (χ0v) is 17.7. The smallest absolute Gasteiger partial charge is 0.339 e. The second-order valence-electron chi connectivity index (χ2n) is 7.39. The van der Waals surface area contributed by atoms with Crippen molar-refractivity contribution in [2.45, 2.75) is 19.4 Å². The van der Waals surface area contributed by atoms with Gasteiger partial charge >= 0.3 is 5.97 Å². The van der Waals surface area contributed by atoms with Crippen LogP contribution in [-0.2, 0) is 16.0 Å². The summed E-state index contributed by atoms with van der Waals surface area (Å²) in [5.41, 5.74) is 3.56. The van der Waals surface area contributed by atoms with Crippen LogP contribution in [0.5, 0.6) is 0 Å². The SMILES string of the molecule is CC(OC(=O)c1cc(-c2cccnc2)nc2ccccc12)C(=O)NCCc1ccccc1. The first kappa shape index (κ1) is 21.2. The van der Waals surface area contributed by atoms with E-state index >= 15 is 0 Å². The summed E-state index contributed by atoms with van der Waals surface area (Å²) in [6.45, 7) is 2.04. The lowest BCUT2D eigenvalue weighted by atomic mass is 10.0. The van der Waals surface area contributed by atoms with Crippen molar-refractivity contribution < 1.29 is 14.3 Å². The molecule has 0 fully saturated rings. The third kappa shape index (κ3) is 4.98. The maximum atomic E-state index is 13.0. The fourth-order valence-corrected chi connectivity index (χ4v) is 3.40. The second-order valence-corrected chi connectivity index (χ2v) is 7.39. The highest BCUT2D eigenvalue weighted by Crippen LogP contribution is 2.25. The van der Waals surface area contributed by atoms with Crippen LogP contribution in [0.4, 0.5) is 0 Å². The summed E-state index contributed by atoms with van der Waals surface area (Å²) in [5, 5.41) is 3.49. The molecule has 1 N–H and O–H groups in total. The molecule has 2 aromatic heterocycles. The lowest BCUT2D eigenvalue weighted by molar-refractivity contribution is -0.129. The van der Waals surface area contributed by atoms with Gasteiger partial charge in [-0.2, -0.15) is 0 Å². The molecule has 1 unspecified atom stereocenters. The lowest BCUT2D eigenvalue weighted by Gasteiger charge is -2.15. The first-order valence-corrected chi connectivity index (χ1v) is 10.4. The third-order valence-electron chi connectivity index (χ3n) is 5.10. The quantitative estimate of drug-likeness (QED) is 0.449. The number of pyridine rings is 2. The third-order valence-corrected chi connectivity index (χ3v) is 5.10. The number of hydrogen-bond donors (Lipinski definition) is 1. The topological polar surface area (TPSA) is 81.2 Å². The van der Waals surface area contributed by atoms with Crippen molar-refractivity contribution in [2.75, 3.05) is 6.54 Å². The van der Waals surface area contributed by atoms with Crippen molar-refractivity contribution in [1.82, 2.24) is 15.3 Å². The van der Waals surface area contributed by atoms with Gasteiger partial charge in [-0.1, -0.05) is 48.5 Å². The number of para-hydroxylation sites is 1. The molecule has 4 rings (SSSR count). The normalized spacial score (nSPS) is 11.7. The molecule has 0 aliphatic carbocycles. The molecule has 0 saturated carbocycles. The van der Waals surface area contributed by atoms with Gasteiger partial charge in [0.15, 0.2) is 6.10 Å². The van der Waals surface area contributed by atoms with Crippen LogP contribution in [0.3, 0.4) is 0 Å². The van der Waals surface area contributed by atoms with Crippen molar-refractivity contribution >= 4 is 22.8 Å². The van der Waals surface area contributed by atoms with Crippen LogP contribution in [-0.4, -0.2) is 34.5 Å². The zero-order chi connectivity index (χ0) is 22.3. The molecule has 6 nitrogen and oxygen atoms in total. The van der Waals surface area contributed by atoms with Crippen LogP contribution in [0.15, 0.2) is 85.2 Å². The number of nitrogens with one attached hydrogen (secondary N) is 1. The molecule has 160 valence electrons. The van der Waals surface area contributed by atoms with E-state index in [1.165, 1.54) is 0 Å². The number of carbonyl (C=O) groups is 2. The van der Waals surface area contributed by atoms with Gasteiger partial charge in [0, 0.05) is 29.9 Å². The molecule has 0 saturated heterocycles. The van der Waals surface area contributed by atoms with Crippen molar-refractivity contribution in [3.8, 4) is 11.3 Å². The largest absolute Gasteiger partial charge is 0.449 e. The Bertz CT molecular complexity index is 1230. The van der Waals surface area contributed by atoms with E-state index in [1.807, 2.05) is 66.7 Å². The first-order valence-electron chi connectivity index (χ1n) is 10.4. The van der Waals surface area contributed by atoms with E-state index < -0.39 is 12.1 Å². The van der Waals surface area contributed by atoms with Crippen molar-refractivity contribution in [3.63, 3.8) is 0 Å². The zero-order valence-electron chi connectivity index (χ0n) is 17.7. The van der Waals surface area contributed by atoms with Gasteiger partial charge < -0.3 is 10.1 Å². The Morgan fingerprint density at radius 2 is 1.78 bits per heavy atom. The fraction of sp³-hybridized carbons (Fsp3) is 0.154. The molecule has 0 aliphatic rings. The van der Waals surface area contributed by atoms with E-state index in [9.17, 15) is 9.59 Å². The number of rotatable bonds is 7. The molecule has 4 aromatic rings. The highest BCUT2D eigenvalue weighted by Gasteiger charge is 2.21. The minimum atomic E-state index is -0.924. The van der Waals surface area contributed by atoms with Crippen LogP contribution in [0, 0.1) is 0 Å². The lowest BCUT2D eigenvalue weighted by Crippen LogP contribution is -2.37. The minimum absolute atomic E-state index is 0.333. The predicted molar refractivity (Wildman–Crippen MR) is 123 cm³/mol. The Balaban J connectivity index is 1.48. The summed E-state index contributed by atoms with van der Waals surface area (Å²) in [6, 6.07) is 22.6. The van der Waals surface area contributed by atoms with Crippen LogP contribution in [0.1, 0.15) is 22.8 Å². The number of esters is 1. The Morgan fingerprint density at radius 1 is 1.00 bits per heavy atom. The molecular formula is C26H23N3O3. The predicted octanol–water partition coefficient (Wildman–Crippen LogP) is 4.20. The molecule has 0 bridgehead atoms. The highest BCUT2D eigenvalue weighted by molar-refractivity contribution is 6.05. The van der Waals surface area contributed by atoms with Crippen LogP contribution >= 0.6 is 0 Å². The number of carbonyl (C=O) groups excluding carboxylic acids is 2. The number of aromatic nitrogens is 2. The van der Waals surface area contributed by atoms with E-state index in [0.29, 0.717) is 35.1 Å². The average molecular weight is 425 g/mol. The maximum Gasteiger partial charge on any atom is 0.339 e. The molecule has 1 atom stereocenters. The molecule has 6 heteroatoms. The molecule has 1 amide bonds. The van der Waals surface area contributed by atoms with Crippen molar-refractivity contribution in [2.24, 2.45) is 0 Å². The standard InChI is InChI=1S/C26H23N3O3/c1-18(25(30)28-15-13-19-8-3-2-4-9-19)32-26(31)22-16-24(20-10-7-14-27-17-20)29-23-12-6-5-11-21(22)23/h2-12,14,16-18H,13,15H2,1H3,(H,28,30). The summed E-state index contributed by atoms with van der Waals surface area (Å²) in [6.07, 6.45) is 3.15. The summed E-state index contributed by atoms with van der Waals surface area (Å²) in [4.78, 5) is 34.2. The first-order chi connectivity index (χ1) is 15.6. The molecule has 2 aromatic carbocycles. The Labute approximate surface area is 186 Å². The number of ether oxygens (including phenoxy) is 1. The molecule has 2 heterocycles. The number of nitrogens with zero attached hydrogens (tertiary/aromatic N) is 2. The van der Waals surface area contributed by atoms with Gasteiger partial charge in [0.2, 0.25) is 0 Å². The molecular weight excluding hydrogens is 402 g/mol. The van der Waals surface area contributed by atoms with Gasteiger partial charge in [-0.15, -0.1) is 0 Å². The minimum Gasteiger partial charge on any atom is -0.449 e. The van der Waals surface area contributed by atoms with Crippen LogP contribution in [0.2, 0.25) is 0 Å². The van der Waals surface area contributed by atoms with E-state index in [4.69, 9.17) is 4.74 Å². The summed E-state index contributed by atoms with van der Waals surface area (Å²) < 4.78 is 5.51. The Morgan fingerprint density at radius 3 is 2.56 bits per heavy atom. The number of fused-ring (bicyclic) bond motifs is 1. The Kier molecular flexibility index (Phi) is 6.51. The molecule has 0 aliphatic heterocycles. The van der Waals surface area contributed by atoms with Crippen LogP contribution in [0.25, 0.3) is 22.2 Å². The average Bonchev–Trinajstić information content (AvgIpc) is 2.84. The fourth-order valence-electron chi connectivity index (χ4n) is 3.40. The van der Waals surface area contributed by atoms with E-state index in [-0.39, 0.29) is 5.91 Å². The van der Waals surface area contributed by atoms with Gasteiger partial charge in [-0.05, 0) is 43.2 Å². The van der Waals surface area contributed by atoms with Crippen molar-refractivity contribution in [1.29, 1.82) is 0 Å². The summed E-state index contributed by atoms with van der Waals surface area (Å²) >= 11 is 0. The summed E-state index contributed by atoms with van der Waals surface area (Å²) in [7, 11) is 0. The highest BCUT2D eigenvalue weighted by atomic mass is 16.5. The van der Waals surface area contributed by atoms with Crippen molar-refractivity contribution in [3.05, 3.63) is 96.3 Å². The van der Waals surface area contributed by atoms with Gasteiger partial charge in [-0.25, -0.2) is 9.78 Å². The van der Waals surface area contributed by atoms with E-state index in [0.717, 1.165) is 11.1 Å². The van der Waals surface area contributed by atoms with Gasteiger partial charge in [-0.3, -0.25) is 9.78 Å². The number of hydrogen-bond acceptors (Lipinski definition) is 5. The molecule has 0 radical (unpaired) electrons. The Hall–Kier alpha value is -4.06. The van der Waals surface area contributed by atoms with Crippen LogP contribution < -0.4 is 5.32 Å². The number of amides is 1.